The van der Waals surface area contributed by atoms with Crippen molar-refractivity contribution in [2.24, 2.45) is 0 Å². The minimum absolute atomic E-state index is 0.0158. The number of ether oxygens (including phenoxy) is 2. The van der Waals surface area contributed by atoms with Gasteiger partial charge in [-0.3, -0.25) is 9.69 Å². The fraction of sp³-hybridized carbons (Fsp3) is 0.350. The molecule has 1 heterocycles. The maximum atomic E-state index is 13.5. The van der Waals surface area contributed by atoms with Gasteiger partial charge in [-0.15, -0.1) is 0 Å². The third kappa shape index (κ3) is 5.34. The summed E-state index contributed by atoms with van der Waals surface area (Å²) >= 11 is 5.91. The second-order valence-electron chi connectivity index (χ2n) is 6.36. The third-order valence-electron chi connectivity index (χ3n) is 4.52. The summed E-state index contributed by atoms with van der Waals surface area (Å²) in [5.41, 5.74) is 0.807. The Morgan fingerprint density at radius 3 is 2.63 bits per heavy atom. The fourth-order valence-electron chi connectivity index (χ4n) is 3.06. The smallest absolute Gasteiger partial charge is 0.260 e. The number of benzene rings is 2. The average Bonchev–Trinajstić information content (AvgIpc) is 2.67. The van der Waals surface area contributed by atoms with Crippen molar-refractivity contribution < 1.29 is 18.7 Å². The van der Waals surface area contributed by atoms with Crippen molar-refractivity contribution >= 4 is 17.5 Å². The summed E-state index contributed by atoms with van der Waals surface area (Å²) in [6, 6.07) is 11.5. The Labute approximate surface area is 163 Å². The van der Waals surface area contributed by atoms with Gasteiger partial charge in [0.1, 0.15) is 17.3 Å². The number of methoxy groups -OCH3 is 1. The highest BCUT2D eigenvalue weighted by atomic mass is 35.5. The molecule has 0 aliphatic carbocycles. The monoisotopic (exact) mass is 392 g/mol. The molecular formula is C20H22ClFN2O3. The second-order valence-corrected chi connectivity index (χ2v) is 6.80. The molecule has 0 saturated carbocycles. The first-order valence-corrected chi connectivity index (χ1v) is 9.14. The number of hydrogen-bond acceptors (Lipinski definition) is 4. The molecule has 1 aliphatic rings. The Kier molecular flexibility index (Phi) is 6.53. The van der Waals surface area contributed by atoms with Crippen LogP contribution in [0.15, 0.2) is 42.5 Å². The number of amides is 1. The van der Waals surface area contributed by atoms with E-state index in [0.717, 1.165) is 5.56 Å². The first-order valence-electron chi connectivity index (χ1n) is 8.76. The molecular weight excluding hydrogens is 371 g/mol. The molecule has 144 valence electrons. The number of nitrogens with zero attached hydrogens (tertiary/aromatic N) is 2. The van der Waals surface area contributed by atoms with Gasteiger partial charge in [0.25, 0.3) is 5.91 Å². The van der Waals surface area contributed by atoms with Gasteiger partial charge in [-0.05, 0) is 36.4 Å². The summed E-state index contributed by atoms with van der Waals surface area (Å²) in [7, 11) is 1.58. The van der Waals surface area contributed by atoms with Gasteiger partial charge in [0, 0.05) is 43.3 Å². The summed E-state index contributed by atoms with van der Waals surface area (Å²) in [4.78, 5) is 16.3. The van der Waals surface area contributed by atoms with Gasteiger partial charge >= 0.3 is 0 Å². The Balaban J connectivity index is 1.48. The lowest BCUT2D eigenvalue weighted by Gasteiger charge is -2.34. The van der Waals surface area contributed by atoms with Gasteiger partial charge in [0.15, 0.2) is 6.61 Å². The van der Waals surface area contributed by atoms with E-state index >= 15 is 0 Å². The van der Waals surface area contributed by atoms with Crippen molar-refractivity contribution in [1.82, 2.24) is 9.80 Å². The van der Waals surface area contributed by atoms with E-state index in [1.54, 1.807) is 42.3 Å². The molecule has 0 unspecified atom stereocenters. The van der Waals surface area contributed by atoms with Crippen LogP contribution in [-0.2, 0) is 11.3 Å². The van der Waals surface area contributed by atoms with Crippen molar-refractivity contribution in [3.8, 4) is 11.5 Å². The Morgan fingerprint density at radius 2 is 1.93 bits per heavy atom. The van der Waals surface area contributed by atoms with Gasteiger partial charge in [0.05, 0.1) is 7.11 Å². The van der Waals surface area contributed by atoms with Gasteiger partial charge in [-0.1, -0.05) is 17.7 Å². The van der Waals surface area contributed by atoms with E-state index in [-0.39, 0.29) is 18.3 Å². The summed E-state index contributed by atoms with van der Waals surface area (Å²) in [5, 5.41) is 0.571. The van der Waals surface area contributed by atoms with E-state index in [1.807, 2.05) is 0 Å². The number of carbonyl (C=O) groups is 1. The zero-order valence-corrected chi connectivity index (χ0v) is 15.9. The van der Waals surface area contributed by atoms with Crippen molar-refractivity contribution in [2.45, 2.75) is 6.54 Å². The lowest BCUT2D eigenvalue weighted by atomic mass is 10.1. The summed E-state index contributed by atoms with van der Waals surface area (Å²) in [6.45, 7) is 3.20. The van der Waals surface area contributed by atoms with Crippen molar-refractivity contribution in [1.29, 1.82) is 0 Å². The molecule has 0 radical (unpaired) electrons. The summed E-state index contributed by atoms with van der Waals surface area (Å²) in [5.74, 6) is 0.910. The first-order chi connectivity index (χ1) is 13.0. The average molecular weight is 393 g/mol. The molecule has 0 N–H and O–H groups in total. The second kappa shape index (κ2) is 9.06. The molecule has 0 aromatic heterocycles. The topological polar surface area (TPSA) is 42.0 Å². The van der Waals surface area contributed by atoms with Crippen LogP contribution in [0.25, 0.3) is 0 Å². The first kappa shape index (κ1) is 19.5. The normalized spacial score (nSPS) is 14.9. The standard InChI is InChI=1S/C20H22ClFN2O3/c1-26-19-6-5-17(22)11-15(19)13-23-7-9-24(10-8-23)20(25)14-27-18-4-2-3-16(21)12-18/h2-6,11-12H,7-10,13-14H2,1H3. The van der Waals surface area contributed by atoms with Crippen LogP contribution in [0.1, 0.15) is 5.56 Å². The van der Waals surface area contributed by atoms with Crippen molar-refractivity contribution in [2.75, 3.05) is 39.9 Å². The van der Waals surface area contributed by atoms with Gasteiger partial charge in [-0.2, -0.15) is 0 Å². The van der Waals surface area contributed by atoms with Crippen molar-refractivity contribution in [3.63, 3.8) is 0 Å². The highest BCUT2D eigenvalue weighted by Gasteiger charge is 2.22. The molecule has 5 nitrogen and oxygen atoms in total. The maximum Gasteiger partial charge on any atom is 0.260 e. The van der Waals surface area contributed by atoms with Crippen LogP contribution in [0.4, 0.5) is 4.39 Å². The third-order valence-corrected chi connectivity index (χ3v) is 4.75. The zero-order valence-electron chi connectivity index (χ0n) is 15.2. The predicted molar refractivity (Wildman–Crippen MR) is 102 cm³/mol. The molecule has 1 fully saturated rings. The van der Waals surface area contributed by atoms with Crippen LogP contribution in [0.2, 0.25) is 5.02 Å². The summed E-state index contributed by atoms with van der Waals surface area (Å²) in [6.07, 6.45) is 0. The van der Waals surface area contributed by atoms with Gasteiger partial charge in [-0.25, -0.2) is 4.39 Å². The molecule has 1 saturated heterocycles. The van der Waals surface area contributed by atoms with Crippen LogP contribution in [-0.4, -0.2) is 55.6 Å². The van der Waals surface area contributed by atoms with E-state index in [9.17, 15) is 9.18 Å². The molecule has 1 amide bonds. The SMILES string of the molecule is COc1ccc(F)cc1CN1CCN(C(=O)COc2cccc(Cl)c2)CC1. The lowest BCUT2D eigenvalue weighted by Crippen LogP contribution is -2.49. The highest BCUT2D eigenvalue weighted by Crippen LogP contribution is 2.22. The van der Waals surface area contributed by atoms with Crippen LogP contribution >= 0.6 is 11.6 Å². The number of piperazine rings is 1. The molecule has 7 heteroatoms. The number of carbonyl (C=O) groups excluding carboxylic acids is 1. The van der Waals surface area contributed by atoms with E-state index in [0.29, 0.717) is 49.2 Å². The highest BCUT2D eigenvalue weighted by molar-refractivity contribution is 6.30. The van der Waals surface area contributed by atoms with Gasteiger partial charge in [0.2, 0.25) is 0 Å². The van der Waals surface area contributed by atoms with Crippen molar-refractivity contribution in [3.05, 3.63) is 58.9 Å². The molecule has 0 spiro atoms. The Bertz CT molecular complexity index is 795. The van der Waals surface area contributed by atoms with E-state index < -0.39 is 0 Å². The van der Waals surface area contributed by atoms with Crippen LogP contribution in [0.3, 0.4) is 0 Å². The summed E-state index contributed by atoms with van der Waals surface area (Å²) < 4.78 is 24.3. The fourth-order valence-corrected chi connectivity index (χ4v) is 3.24. The largest absolute Gasteiger partial charge is 0.496 e. The number of hydrogen-bond donors (Lipinski definition) is 0. The van der Waals surface area contributed by atoms with Crippen LogP contribution < -0.4 is 9.47 Å². The Hall–Kier alpha value is -2.31. The zero-order chi connectivity index (χ0) is 19.2. The minimum atomic E-state index is -0.280. The van der Waals surface area contributed by atoms with E-state index in [2.05, 4.69) is 4.90 Å². The molecule has 3 rings (SSSR count). The van der Waals surface area contributed by atoms with E-state index in [4.69, 9.17) is 21.1 Å². The van der Waals surface area contributed by atoms with Crippen LogP contribution in [0.5, 0.6) is 11.5 Å². The molecule has 1 aliphatic heterocycles. The molecule has 0 atom stereocenters. The number of rotatable bonds is 6. The van der Waals surface area contributed by atoms with Gasteiger partial charge < -0.3 is 14.4 Å². The quantitative estimate of drug-likeness (QED) is 0.757. The molecule has 2 aromatic carbocycles. The lowest BCUT2D eigenvalue weighted by molar-refractivity contribution is -0.135. The van der Waals surface area contributed by atoms with E-state index in [1.165, 1.54) is 12.1 Å². The number of halogens is 2. The molecule has 2 aromatic rings. The Morgan fingerprint density at radius 1 is 1.15 bits per heavy atom. The van der Waals surface area contributed by atoms with Crippen LogP contribution in [0, 0.1) is 5.82 Å². The minimum Gasteiger partial charge on any atom is -0.496 e. The predicted octanol–water partition coefficient (Wildman–Crippen LogP) is 3.21. The maximum absolute atomic E-state index is 13.5. The molecule has 27 heavy (non-hydrogen) atoms. The molecule has 0 bridgehead atoms.